The molecule has 1 aliphatic rings. The minimum absolute atomic E-state index is 0.158. The summed E-state index contributed by atoms with van der Waals surface area (Å²) >= 11 is 5.20. The summed E-state index contributed by atoms with van der Waals surface area (Å²) in [6.45, 7) is 6.37. The van der Waals surface area contributed by atoms with Gasteiger partial charge in [0.05, 0.1) is 0 Å². The molecule has 0 radical (unpaired) electrons. The highest BCUT2D eigenvalue weighted by atomic mass is 32.1. The number of carbonyl (C=O) groups excluding carboxylic acids is 1. The summed E-state index contributed by atoms with van der Waals surface area (Å²) in [4.78, 5) is 14.3. The topological polar surface area (TPSA) is 53.9 Å². The van der Waals surface area contributed by atoms with Crippen LogP contribution in [0.3, 0.4) is 0 Å². The van der Waals surface area contributed by atoms with E-state index in [0.717, 1.165) is 44.6 Å². The van der Waals surface area contributed by atoms with E-state index in [4.69, 9.17) is 12.2 Å². The molecule has 5 nitrogen and oxygen atoms in total. The second-order valence-electron chi connectivity index (χ2n) is 5.18. The molecule has 1 saturated heterocycles. The van der Waals surface area contributed by atoms with Crippen molar-refractivity contribution in [3.05, 3.63) is 10.6 Å². The van der Waals surface area contributed by atoms with E-state index in [1.807, 2.05) is 9.47 Å². The van der Waals surface area contributed by atoms with Crippen molar-refractivity contribution in [1.82, 2.24) is 19.7 Å². The van der Waals surface area contributed by atoms with Gasteiger partial charge in [-0.25, -0.2) is 0 Å². The zero-order valence-electron chi connectivity index (χ0n) is 11.7. The van der Waals surface area contributed by atoms with E-state index in [-0.39, 0.29) is 5.91 Å². The highest BCUT2D eigenvalue weighted by Crippen LogP contribution is 2.19. The van der Waals surface area contributed by atoms with Crippen molar-refractivity contribution in [3.8, 4) is 0 Å². The summed E-state index contributed by atoms with van der Waals surface area (Å²) in [7, 11) is 0. The molecule has 0 saturated carbocycles. The lowest BCUT2D eigenvalue weighted by atomic mass is 10.1. The van der Waals surface area contributed by atoms with Crippen molar-refractivity contribution in [1.29, 1.82) is 0 Å². The largest absolute Gasteiger partial charge is 0.341 e. The van der Waals surface area contributed by atoms with Crippen LogP contribution in [0, 0.1) is 10.7 Å². The number of aryl methyl sites for hydroxylation is 1. The second-order valence-corrected chi connectivity index (χ2v) is 5.57. The normalized spacial score (nSPS) is 19.1. The van der Waals surface area contributed by atoms with Crippen molar-refractivity contribution in [3.63, 3.8) is 0 Å². The maximum absolute atomic E-state index is 12.3. The van der Waals surface area contributed by atoms with E-state index < -0.39 is 0 Å². The quantitative estimate of drug-likeness (QED) is 0.842. The van der Waals surface area contributed by atoms with Crippen LogP contribution in [0.1, 0.15) is 38.9 Å². The molecule has 1 aromatic heterocycles. The van der Waals surface area contributed by atoms with Crippen molar-refractivity contribution < 1.29 is 4.79 Å². The van der Waals surface area contributed by atoms with Gasteiger partial charge < -0.3 is 4.90 Å². The molecule has 1 aliphatic heterocycles. The lowest BCUT2D eigenvalue weighted by Gasteiger charge is -2.17. The summed E-state index contributed by atoms with van der Waals surface area (Å²) < 4.78 is 2.38. The molecule has 6 heteroatoms. The van der Waals surface area contributed by atoms with Gasteiger partial charge in [-0.3, -0.25) is 14.5 Å². The Morgan fingerprint density at radius 3 is 2.95 bits per heavy atom. The van der Waals surface area contributed by atoms with Gasteiger partial charge >= 0.3 is 0 Å². The number of likely N-dealkylation sites (tertiary alicyclic amines) is 1. The van der Waals surface area contributed by atoms with Crippen LogP contribution in [-0.4, -0.2) is 38.7 Å². The zero-order chi connectivity index (χ0) is 13.8. The van der Waals surface area contributed by atoms with Crippen molar-refractivity contribution in [2.45, 2.75) is 46.1 Å². The number of H-pyrrole nitrogens is 1. The molecule has 2 rings (SSSR count). The molecule has 0 spiro atoms. The predicted octanol–water partition coefficient (Wildman–Crippen LogP) is 2.15. The van der Waals surface area contributed by atoms with Crippen LogP contribution in [0.15, 0.2) is 0 Å². The molecule has 0 bridgehead atoms. The van der Waals surface area contributed by atoms with Crippen LogP contribution in [-0.2, 0) is 17.8 Å². The smallest absolute Gasteiger partial charge is 0.242 e. The lowest BCUT2D eigenvalue weighted by molar-refractivity contribution is -0.131. The molecule has 0 unspecified atom stereocenters. The first kappa shape index (κ1) is 14.2. The number of amides is 1. The zero-order valence-corrected chi connectivity index (χ0v) is 12.5. The summed E-state index contributed by atoms with van der Waals surface area (Å²) in [5.41, 5.74) is 0. The van der Waals surface area contributed by atoms with Crippen LogP contribution in [0.25, 0.3) is 0 Å². The van der Waals surface area contributed by atoms with E-state index in [1.165, 1.54) is 0 Å². The number of rotatable bonds is 5. The first-order valence-corrected chi connectivity index (χ1v) is 7.48. The summed E-state index contributed by atoms with van der Waals surface area (Å²) in [5.74, 6) is 1.70. The molecular formula is C13H22N4OS. The van der Waals surface area contributed by atoms with Gasteiger partial charge in [-0.15, -0.1) is 0 Å². The van der Waals surface area contributed by atoms with Gasteiger partial charge in [-0.2, -0.15) is 5.10 Å². The third-order valence-electron chi connectivity index (χ3n) is 3.82. The maximum Gasteiger partial charge on any atom is 0.242 e. The molecule has 0 aromatic carbocycles. The number of nitrogens with zero attached hydrogens (tertiary/aromatic N) is 3. The van der Waals surface area contributed by atoms with Gasteiger partial charge in [-0.05, 0) is 31.0 Å². The molecular weight excluding hydrogens is 260 g/mol. The number of carbonyl (C=O) groups is 1. The summed E-state index contributed by atoms with van der Waals surface area (Å²) in [6.07, 6.45) is 4.12. The maximum atomic E-state index is 12.3. The van der Waals surface area contributed by atoms with Crippen molar-refractivity contribution in [2.75, 3.05) is 13.1 Å². The first-order valence-electron chi connectivity index (χ1n) is 7.07. The number of hydrogen-bond acceptors (Lipinski definition) is 3. The van der Waals surface area contributed by atoms with E-state index in [0.29, 0.717) is 17.2 Å². The Balaban J connectivity index is 2.03. The van der Waals surface area contributed by atoms with Gasteiger partial charge in [0.25, 0.3) is 0 Å². The Morgan fingerprint density at radius 2 is 2.32 bits per heavy atom. The highest BCUT2D eigenvalue weighted by Gasteiger charge is 2.25. The number of aromatic amines is 1. The fourth-order valence-corrected chi connectivity index (χ4v) is 2.77. The Morgan fingerprint density at radius 1 is 1.53 bits per heavy atom. The van der Waals surface area contributed by atoms with Gasteiger partial charge in [-0.1, -0.05) is 20.3 Å². The Labute approximate surface area is 119 Å². The monoisotopic (exact) mass is 282 g/mol. The van der Waals surface area contributed by atoms with E-state index in [2.05, 4.69) is 24.0 Å². The van der Waals surface area contributed by atoms with Gasteiger partial charge in [0.15, 0.2) is 4.77 Å². The van der Waals surface area contributed by atoms with E-state index >= 15 is 0 Å². The Bertz CT molecular complexity index is 493. The average molecular weight is 282 g/mol. The minimum atomic E-state index is 0.158. The third-order valence-corrected chi connectivity index (χ3v) is 4.13. The number of hydrogen-bond donors (Lipinski definition) is 1. The fraction of sp³-hybridized carbons (Fsp3) is 0.769. The number of aromatic nitrogens is 3. The standard InChI is InChI=1S/C13H22N4OS/c1-3-5-11-14-15-13(19)17(11)9-12(18)16-7-6-10(4-2)8-16/h10H,3-9H2,1-2H3,(H,15,19)/t10-/m0/s1. The molecule has 1 fully saturated rings. The Kier molecular flexibility index (Phi) is 4.74. The molecule has 1 N–H and O–H groups in total. The van der Waals surface area contributed by atoms with Crippen molar-refractivity contribution in [2.24, 2.45) is 5.92 Å². The molecule has 0 aliphatic carbocycles. The van der Waals surface area contributed by atoms with Crippen LogP contribution in [0.4, 0.5) is 0 Å². The van der Waals surface area contributed by atoms with Crippen LogP contribution in [0.5, 0.6) is 0 Å². The minimum Gasteiger partial charge on any atom is -0.341 e. The van der Waals surface area contributed by atoms with Gasteiger partial charge in [0.1, 0.15) is 12.4 Å². The summed E-state index contributed by atoms with van der Waals surface area (Å²) in [5, 5.41) is 6.97. The van der Waals surface area contributed by atoms with Crippen LogP contribution in [0.2, 0.25) is 0 Å². The van der Waals surface area contributed by atoms with E-state index in [1.54, 1.807) is 0 Å². The van der Waals surface area contributed by atoms with Crippen LogP contribution < -0.4 is 0 Å². The Hall–Kier alpha value is -1.17. The average Bonchev–Trinajstić information content (AvgIpc) is 3.00. The fourth-order valence-electron chi connectivity index (χ4n) is 2.56. The van der Waals surface area contributed by atoms with Gasteiger partial charge in [0.2, 0.25) is 5.91 Å². The molecule has 1 atom stereocenters. The molecule has 106 valence electrons. The molecule has 1 aromatic rings. The molecule has 1 amide bonds. The summed E-state index contributed by atoms with van der Waals surface area (Å²) in [6, 6.07) is 0. The number of nitrogens with one attached hydrogen (secondary N) is 1. The lowest BCUT2D eigenvalue weighted by Crippen LogP contribution is -2.32. The SMILES string of the molecule is CCCc1n[nH]c(=S)n1CC(=O)N1CC[C@H](CC)C1. The molecule has 2 heterocycles. The molecule has 19 heavy (non-hydrogen) atoms. The van der Waals surface area contributed by atoms with Crippen molar-refractivity contribution >= 4 is 18.1 Å². The first-order chi connectivity index (χ1) is 9.15. The van der Waals surface area contributed by atoms with Crippen LogP contribution >= 0.6 is 12.2 Å². The second kappa shape index (κ2) is 6.32. The third kappa shape index (κ3) is 3.23. The highest BCUT2D eigenvalue weighted by molar-refractivity contribution is 7.71. The van der Waals surface area contributed by atoms with Gasteiger partial charge in [0, 0.05) is 19.5 Å². The van der Waals surface area contributed by atoms with E-state index in [9.17, 15) is 4.79 Å². The predicted molar refractivity (Wildman–Crippen MR) is 76.4 cm³/mol.